The van der Waals surface area contributed by atoms with Gasteiger partial charge < -0.3 is 9.47 Å². The summed E-state index contributed by atoms with van der Waals surface area (Å²) in [5.41, 5.74) is 1.66. The number of fused-ring (bicyclic) bond motifs is 1. The molecule has 0 saturated heterocycles. The molecule has 0 amide bonds. The molecular weight excluding hydrogens is 268 g/mol. The monoisotopic (exact) mass is 286 g/mol. The van der Waals surface area contributed by atoms with Crippen LogP contribution in [0.4, 0.5) is 0 Å². The highest BCUT2D eigenvalue weighted by atomic mass is 16.6. The fraction of sp³-hybridized carbons (Fsp3) is 0.375. The zero-order chi connectivity index (χ0) is 14.8. The summed E-state index contributed by atoms with van der Waals surface area (Å²) in [6.45, 7) is 5.06. The maximum absolute atomic E-state index is 11.7. The standard InChI is InChI=1S/C16H18N2O3/c1-3-12-8-18-9-14(21-16(18)17-15(12)19)10-20-13-6-4-5-11(2)7-13/h4-8,14H,3,9-10H2,1-2H3/t14-/m0/s1. The molecule has 1 aliphatic rings. The highest BCUT2D eigenvalue weighted by Crippen LogP contribution is 2.19. The van der Waals surface area contributed by atoms with E-state index in [1.54, 1.807) is 0 Å². The summed E-state index contributed by atoms with van der Waals surface area (Å²) in [5.74, 6) is 0.825. The SMILES string of the molecule is CCc1cn2c(nc1=O)O[C@H](COc1cccc(C)c1)C2. The first-order valence-electron chi connectivity index (χ1n) is 7.12. The third-order valence-corrected chi connectivity index (χ3v) is 3.51. The maximum atomic E-state index is 11.7. The molecule has 0 bridgehead atoms. The molecule has 1 aromatic heterocycles. The number of hydrogen-bond donors (Lipinski definition) is 0. The molecule has 0 aliphatic carbocycles. The second kappa shape index (κ2) is 5.60. The number of aromatic nitrogens is 2. The third kappa shape index (κ3) is 2.91. The third-order valence-electron chi connectivity index (χ3n) is 3.51. The smallest absolute Gasteiger partial charge is 0.300 e. The molecule has 2 heterocycles. The largest absolute Gasteiger partial charge is 0.490 e. The molecule has 5 nitrogen and oxygen atoms in total. The van der Waals surface area contributed by atoms with E-state index in [9.17, 15) is 4.79 Å². The van der Waals surface area contributed by atoms with Gasteiger partial charge in [-0.2, -0.15) is 4.98 Å². The summed E-state index contributed by atoms with van der Waals surface area (Å²) < 4.78 is 13.3. The summed E-state index contributed by atoms with van der Waals surface area (Å²) in [6.07, 6.45) is 2.39. The van der Waals surface area contributed by atoms with Gasteiger partial charge in [-0.05, 0) is 31.0 Å². The van der Waals surface area contributed by atoms with Gasteiger partial charge in [-0.3, -0.25) is 9.36 Å². The van der Waals surface area contributed by atoms with Crippen LogP contribution in [0.25, 0.3) is 0 Å². The van der Waals surface area contributed by atoms with Crippen LogP contribution in [0.5, 0.6) is 11.8 Å². The van der Waals surface area contributed by atoms with Crippen molar-refractivity contribution in [1.29, 1.82) is 0 Å². The van der Waals surface area contributed by atoms with Crippen molar-refractivity contribution in [3.63, 3.8) is 0 Å². The van der Waals surface area contributed by atoms with Crippen molar-refractivity contribution in [3.05, 3.63) is 51.9 Å². The van der Waals surface area contributed by atoms with E-state index in [-0.39, 0.29) is 11.7 Å². The van der Waals surface area contributed by atoms with Crippen molar-refractivity contribution in [2.75, 3.05) is 6.61 Å². The quantitative estimate of drug-likeness (QED) is 0.862. The Kier molecular flexibility index (Phi) is 3.64. The van der Waals surface area contributed by atoms with Crippen molar-refractivity contribution in [3.8, 4) is 11.8 Å². The minimum atomic E-state index is -0.205. The molecule has 3 rings (SSSR count). The van der Waals surface area contributed by atoms with Gasteiger partial charge in [-0.25, -0.2) is 0 Å². The van der Waals surface area contributed by atoms with Gasteiger partial charge in [0.25, 0.3) is 11.6 Å². The summed E-state index contributed by atoms with van der Waals surface area (Å²) in [5, 5.41) is 0. The van der Waals surface area contributed by atoms with Gasteiger partial charge in [0.2, 0.25) is 0 Å². The molecule has 1 aromatic carbocycles. The van der Waals surface area contributed by atoms with Crippen molar-refractivity contribution in [2.45, 2.75) is 32.9 Å². The fourth-order valence-corrected chi connectivity index (χ4v) is 2.38. The molecule has 0 fully saturated rings. The van der Waals surface area contributed by atoms with E-state index in [4.69, 9.17) is 9.47 Å². The summed E-state index contributed by atoms with van der Waals surface area (Å²) in [4.78, 5) is 15.7. The van der Waals surface area contributed by atoms with Crippen molar-refractivity contribution in [2.24, 2.45) is 0 Å². The number of nitrogens with zero attached hydrogens (tertiary/aromatic N) is 2. The van der Waals surface area contributed by atoms with Crippen molar-refractivity contribution < 1.29 is 9.47 Å². The topological polar surface area (TPSA) is 53.4 Å². The number of ether oxygens (including phenoxy) is 2. The fourth-order valence-electron chi connectivity index (χ4n) is 2.38. The van der Waals surface area contributed by atoms with Crippen LogP contribution in [0.2, 0.25) is 0 Å². The van der Waals surface area contributed by atoms with Crippen LogP contribution in [0.15, 0.2) is 35.3 Å². The van der Waals surface area contributed by atoms with E-state index < -0.39 is 0 Å². The summed E-state index contributed by atoms with van der Waals surface area (Å²) in [6, 6.07) is 8.28. The van der Waals surface area contributed by atoms with Gasteiger partial charge in [0.15, 0.2) is 6.10 Å². The Morgan fingerprint density at radius 1 is 1.48 bits per heavy atom. The molecule has 0 radical (unpaired) electrons. The van der Waals surface area contributed by atoms with Crippen LogP contribution in [0, 0.1) is 6.92 Å². The minimum Gasteiger partial charge on any atom is -0.490 e. The van der Waals surface area contributed by atoms with Gasteiger partial charge in [0, 0.05) is 11.8 Å². The lowest BCUT2D eigenvalue weighted by Crippen LogP contribution is -2.23. The molecule has 0 unspecified atom stereocenters. The van der Waals surface area contributed by atoms with E-state index in [0.717, 1.165) is 11.3 Å². The Hall–Kier alpha value is -2.30. The molecule has 0 saturated carbocycles. The van der Waals surface area contributed by atoms with Crippen LogP contribution in [-0.4, -0.2) is 22.3 Å². The highest BCUT2D eigenvalue weighted by molar-refractivity contribution is 5.27. The molecule has 0 spiro atoms. The van der Waals surface area contributed by atoms with Crippen LogP contribution in [0.3, 0.4) is 0 Å². The Morgan fingerprint density at radius 2 is 2.33 bits per heavy atom. The lowest BCUT2D eigenvalue weighted by molar-refractivity contribution is 0.143. The van der Waals surface area contributed by atoms with Crippen LogP contribution < -0.4 is 15.0 Å². The molecule has 5 heteroatoms. The first-order chi connectivity index (χ1) is 10.2. The Balaban J connectivity index is 1.66. The van der Waals surface area contributed by atoms with Crippen LogP contribution >= 0.6 is 0 Å². The predicted molar refractivity (Wildman–Crippen MR) is 79.0 cm³/mol. The molecule has 110 valence electrons. The Morgan fingerprint density at radius 3 is 3.10 bits per heavy atom. The highest BCUT2D eigenvalue weighted by Gasteiger charge is 2.24. The first-order valence-corrected chi connectivity index (χ1v) is 7.12. The minimum absolute atomic E-state index is 0.121. The van der Waals surface area contributed by atoms with Gasteiger partial charge in [-0.1, -0.05) is 19.1 Å². The molecule has 1 aliphatic heterocycles. The van der Waals surface area contributed by atoms with Gasteiger partial charge in [-0.15, -0.1) is 0 Å². The molecule has 1 atom stereocenters. The number of rotatable bonds is 4. The van der Waals surface area contributed by atoms with Crippen LogP contribution in [-0.2, 0) is 13.0 Å². The van der Waals surface area contributed by atoms with Gasteiger partial charge >= 0.3 is 0 Å². The van der Waals surface area contributed by atoms with Gasteiger partial charge in [0.05, 0.1) is 6.54 Å². The Labute approximate surface area is 123 Å². The Bertz CT molecular complexity index is 709. The molecule has 2 aromatic rings. The zero-order valence-corrected chi connectivity index (χ0v) is 12.2. The van der Waals surface area contributed by atoms with E-state index in [2.05, 4.69) is 4.98 Å². The number of aryl methyl sites for hydroxylation is 2. The average Bonchev–Trinajstić information content (AvgIpc) is 2.86. The van der Waals surface area contributed by atoms with Crippen molar-refractivity contribution in [1.82, 2.24) is 9.55 Å². The second-order valence-corrected chi connectivity index (χ2v) is 5.23. The van der Waals surface area contributed by atoms with Crippen molar-refractivity contribution >= 4 is 0 Å². The lowest BCUT2D eigenvalue weighted by atomic mass is 10.2. The van der Waals surface area contributed by atoms with E-state index in [0.29, 0.717) is 31.1 Å². The predicted octanol–water partition coefficient (Wildman–Crippen LogP) is 1.95. The maximum Gasteiger partial charge on any atom is 0.300 e. The van der Waals surface area contributed by atoms with E-state index in [1.165, 1.54) is 0 Å². The molecule has 0 N–H and O–H groups in total. The number of benzene rings is 1. The zero-order valence-electron chi connectivity index (χ0n) is 12.2. The number of hydrogen-bond acceptors (Lipinski definition) is 4. The summed E-state index contributed by atoms with van der Waals surface area (Å²) >= 11 is 0. The van der Waals surface area contributed by atoms with E-state index in [1.807, 2.05) is 48.9 Å². The molecule has 21 heavy (non-hydrogen) atoms. The normalized spacial score (nSPS) is 16.4. The first kappa shape index (κ1) is 13.7. The lowest BCUT2D eigenvalue weighted by Gasteiger charge is -2.11. The summed E-state index contributed by atoms with van der Waals surface area (Å²) in [7, 11) is 0. The second-order valence-electron chi connectivity index (χ2n) is 5.23. The average molecular weight is 286 g/mol. The van der Waals surface area contributed by atoms with Gasteiger partial charge in [0.1, 0.15) is 12.4 Å². The van der Waals surface area contributed by atoms with Crippen LogP contribution in [0.1, 0.15) is 18.1 Å². The molecular formula is C16H18N2O3. The van der Waals surface area contributed by atoms with E-state index >= 15 is 0 Å².